The van der Waals surface area contributed by atoms with E-state index in [1.54, 1.807) is 0 Å². The summed E-state index contributed by atoms with van der Waals surface area (Å²) in [4.78, 5) is 0. The van der Waals surface area contributed by atoms with Crippen LogP contribution in [-0.4, -0.2) is 76.5 Å². The van der Waals surface area contributed by atoms with Gasteiger partial charge in [0.05, 0.1) is 67.6 Å². The standard InChI is InChI=1S/C36H58N2O2.2BrH/c1-9-13-23-37(5,6)25-15-27-39-35-22-20-32(30-33(35)18-12-4)34-29-31(17-11-3)19-21-36(34)40-28-16-26-38(7,8)24-14-10-2;;/h11-12,19-22,29-30H,3-4,9-10,13-18,23-28H2,1-2,5-8H3;2*1H/q+2;;/p-2. The van der Waals surface area contributed by atoms with Crippen LogP contribution in [0.3, 0.4) is 0 Å². The molecular formula is C36H58Br2N2O2. The summed E-state index contributed by atoms with van der Waals surface area (Å²) in [6.07, 6.45) is 12.6. The zero-order valence-corrected chi connectivity index (χ0v) is 30.6. The van der Waals surface area contributed by atoms with Crippen molar-refractivity contribution in [2.45, 2.75) is 65.2 Å². The van der Waals surface area contributed by atoms with Gasteiger partial charge in [0, 0.05) is 18.4 Å². The second-order valence-electron chi connectivity index (χ2n) is 12.5. The molecule has 0 atom stereocenters. The van der Waals surface area contributed by atoms with Crippen LogP contribution in [0.2, 0.25) is 0 Å². The molecule has 0 aromatic heterocycles. The molecule has 0 fully saturated rings. The number of halogens is 2. The van der Waals surface area contributed by atoms with Gasteiger partial charge in [-0.15, -0.1) is 13.2 Å². The molecule has 2 rings (SSSR count). The lowest BCUT2D eigenvalue weighted by Crippen LogP contribution is -3.00. The van der Waals surface area contributed by atoms with Crippen LogP contribution >= 0.6 is 0 Å². The summed E-state index contributed by atoms with van der Waals surface area (Å²) < 4.78 is 14.8. The molecule has 42 heavy (non-hydrogen) atoms. The van der Waals surface area contributed by atoms with Crippen LogP contribution in [-0.2, 0) is 12.8 Å². The van der Waals surface area contributed by atoms with Crippen LogP contribution in [0.4, 0.5) is 0 Å². The minimum absolute atomic E-state index is 0. The zero-order valence-electron chi connectivity index (χ0n) is 27.4. The van der Waals surface area contributed by atoms with Gasteiger partial charge in [0.1, 0.15) is 11.5 Å². The van der Waals surface area contributed by atoms with Gasteiger partial charge in [-0.2, -0.15) is 0 Å². The number of unbranched alkanes of at least 4 members (excludes halogenated alkanes) is 2. The summed E-state index contributed by atoms with van der Waals surface area (Å²) in [7, 11) is 9.28. The van der Waals surface area contributed by atoms with Crippen molar-refractivity contribution in [3.8, 4) is 22.6 Å². The van der Waals surface area contributed by atoms with E-state index in [2.05, 4.69) is 91.6 Å². The Hall–Kier alpha value is -1.60. The fourth-order valence-corrected chi connectivity index (χ4v) is 5.17. The molecule has 0 saturated carbocycles. The first kappa shape index (κ1) is 40.4. The van der Waals surface area contributed by atoms with Crippen LogP contribution in [0.25, 0.3) is 11.1 Å². The first-order valence-corrected chi connectivity index (χ1v) is 15.5. The lowest BCUT2D eigenvalue weighted by molar-refractivity contribution is -0.890. The molecule has 4 nitrogen and oxygen atoms in total. The molecule has 2 aromatic carbocycles. The Labute approximate surface area is 279 Å². The first-order chi connectivity index (χ1) is 19.1. The molecule has 0 aliphatic heterocycles. The van der Waals surface area contributed by atoms with E-state index in [0.717, 1.165) is 83.6 Å². The number of ether oxygens (including phenoxy) is 2. The Bertz CT molecular complexity index is 1050. The molecular weight excluding hydrogens is 652 g/mol. The predicted octanol–water partition coefficient (Wildman–Crippen LogP) is 2.11. The van der Waals surface area contributed by atoms with Gasteiger partial charge < -0.3 is 52.4 Å². The molecule has 6 heteroatoms. The van der Waals surface area contributed by atoms with Crippen LogP contribution < -0.4 is 43.4 Å². The van der Waals surface area contributed by atoms with E-state index in [1.165, 1.54) is 49.9 Å². The highest BCUT2D eigenvalue weighted by atomic mass is 79.9. The lowest BCUT2D eigenvalue weighted by Gasteiger charge is -2.29. The first-order valence-electron chi connectivity index (χ1n) is 15.5. The zero-order chi connectivity index (χ0) is 29.4. The molecule has 0 heterocycles. The van der Waals surface area contributed by atoms with Crippen molar-refractivity contribution >= 4 is 0 Å². The van der Waals surface area contributed by atoms with Gasteiger partial charge in [0.2, 0.25) is 0 Å². The number of quaternary nitrogens is 2. The SMILES string of the molecule is C=CCc1ccc(OCCC[N+](C)(C)CCCC)c(-c2ccc(OCCC[N+](C)(C)CCCC)c(CC=C)c2)c1.[Br-].[Br-]. The molecule has 0 bridgehead atoms. The number of rotatable bonds is 21. The maximum absolute atomic E-state index is 6.40. The molecule has 238 valence electrons. The molecule has 0 N–H and O–H groups in total. The average Bonchev–Trinajstić information content (AvgIpc) is 2.93. The summed E-state index contributed by atoms with van der Waals surface area (Å²) in [6.45, 7) is 18.6. The summed E-state index contributed by atoms with van der Waals surface area (Å²) in [5.41, 5.74) is 4.69. The number of allylic oxidation sites excluding steroid dienone is 2. The number of hydrogen-bond acceptors (Lipinski definition) is 2. The highest BCUT2D eigenvalue weighted by Crippen LogP contribution is 2.35. The van der Waals surface area contributed by atoms with E-state index in [4.69, 9.17) is 9.47 Å². The van der Waals surface area contributed by atoms with E-state index in [1.807, 2.05) is 12.2 Å². The lowest BCUT2D eigenvalue weighted by atomic mass is 9.97. The van der Waals surface area contributed by atoms with Crippen LogP contribution in [0.15, 0.2) is 61.7 Å². The summed E-state index contributed by atoms with van der Waals surface area (Å²) in [5, 5.41) is 0. The highest BCUT2D eigenvalue weighted by Gasteiger charge is 2.16. The normalized spacial score (nSPS) is 11.3. The van der Waals surface area contributed by atoms with Gasteiger partial charge in [0.25, 0.3) is 0 Å². The van der Waals surface area contributed by atoms with Crippen molar-refractivity contribution in [2.24, 2.45) is 0 Å². The topological polar surface area (TPSA) is 18.5 Å². The third-order valence-corrected chi connectivity index (χ3v) is 7.72. The quantitative estimate of drug-likeness (QED) is 0.112. The molecule has 0 amide bonds. The van der Waals surface area contributed by atoms with Gasteiger partial charge in [0.15, 0.2) is 0 Å². The Balaban J connectivity index is 0.00000840. The maximum Gasteiger partial charge on any atom is 0.127 e. The Morgan fingerprint density at radius 3 is 1.67 bits per heavy atom. The van der Waals surface area contributed by atoms with Crippen molar-refractivity contribution in [2.75, 3.05) is 67.6 Å². The number of hydrogen-bond donors (Lipinski definition) is 0. The number of nitrogens with zero attached hydrogens (tertiary/aromatic N) is 2. The monoisotopic (exact) mass is 708 g/mol. The van der Waals surface area contributed by atoms with Gasteiger partial charge in [-0.3, -0.25) is 0 Å². The minimum Gasteiger partial charge on any atom is -1.00 e. The van der Waals surface area contributed by atoms with Gasteiger partial charge in [-0.25, -0.2) is 0 Å². The van der Waals surface area contributed by atoms with Crippen molar-refractivity contribution in [1.82, 2.24) is 0 Å². The van der Waals surface area contributed by atoms with E-state index < -0.39 is 0 Å². The summed E-state index contributed by atoms with van der Waals surface area (Å²) in [6, 6.07) is 13.1. The average molecular weight is 711 g/mol. The predicted molar refractivity (Wildman–Crippen MR) is 173 cm³/mol. The van der Waals surface area contributed by atoms with Crippen LogP contribution in [0.5, 0.6) is 11.5 Å². The van der Waals surface area contributed by atoms with Crippen molar-refractivity contribution in [3.63, 3.8) is 0 Å². The highest BCUT2D eigenvalue weighted by molar-refractivity contribution is 5.73. The second kappa shape index (κ2) is 21.2. The fraction of sp³-hybridized carbons (Fsp3) is 0.556. The third-order valence-electron chi connectivity index (χ3n) is 7.72. The molecule has 0 radical (unpaired) electrons. The van der Waals surface area contributed by atoms with Crippen molar-refractivity contribution in [3.05, 3.63) is 72.8 Å². The Morgan fingerprint density at radius 1 is 0.643 bits per heavy atom. The molecule has 0 spiro atoms. The Morgan fingerprint density at radius 2 is 1.14 bits per heavy atom. The molecule has 0 aliphatic rings. The summed E-state index contributed by atoms with van der Waals surface area (Å²) >= 11 is 0. The van der Waals surface area contributed by atoms with Gasteiger partial charge >= 0.3 is 0 Å². The van der Waals surface area contributed by atoms with Crippen molar-refractivity contribution < 1.29 is 52.4 Å². The summed E-state index contributed by atoms with van der Waals surface area (Å²) in [5.74, 6) is 1.90. The Kier molecular flexibility index (Phi) is 20.4. The maximum atomic E-state index is 6.40. The fourth-order valence-electron chi connectivity index (χ4n) is 5.17. The number of benzene rings is 2. The van der Waals surface area contributed by atoms with Crippen molar-refractivity contribution in [1.29, 1.82) is 0 Å². The third kappa shape index (κ3) is 14.7. The van der Waals surface area contributed by atoms with Gasteiger partial charge in [-0.05, 0) is 66.6 Å². The molecule has 0 unspecified atom stereocenters. The van der Waals surface area contributed by atoms with Crippen LogP contribution in [0.1, 0.15) is 63.5 Å². The van der Waals surface area contributed by atoms with Crippen LogP contribution in [0, 0.1) is 0 Å². The van der Waals surface area contributed by atoms with E-state index >= 15 is 0 Å². The van der Waals surface area contributed by atoms with E-state index in [0.29, 0.717) is 0 Å². The second-order valence-corrected chi connectivity index (χ2v) is 12.5. The molecule has 2 aromatic rings. The van der Waals surface area contributed by atoms with Gasteiger partial charge in [-0.1, -0.05) is 51.0 Å². The smallest absolute Gasteiger partial charge is 0.127 e. The van der Waals surface area contributed by atoms with E-state index in [9.17, 15) is 0 Å². The minimum atomic E-state index is 0. The molecule has 0 aliphatic carbocycles. The molecule has 0 saturated heterocycles. The largest absolute Gasteiger partial charge is 1.00 e. The van der Waals surface area contributed by atoms with E-state index in [-0.39, 0.29) is 34.0 Å².